The predicted octanol–water partition coefficient (Wildman–Crippen LogP) is 1.29. The fraction of sp³-hybridized carbons (Fsp3) is 0.125. The number of anilines is 1. The molecule has 0 bridgehead atoms. The Kier molecular flexibility index (Phi) is 1.30. The number of hydrogen-bond donors (Lipinski definition) is 1. The van der Waals surface area contributed by atoms with Crippen LogP contribution >= 0.6 is 0 Å². The normalized spacial score (nSPS) is 10.8. The summed E-state index contributed by atoms with van der Waals surface area (Å²) >= 11 is 0. The topological polar surface area (TPSA) is 43.8 Å². The molecule has 12 heavy (non-hydrogen) atoms. The minimum absolute atomic E-state index is 0.140. The summed E-state index contributed by atoms with van der Waals surface area (Å²) in [6.45, 7) is 0. The van der Waals surface area contributed by atoms with Crippen molar-refractivity contribution in [1.29, 1.82) is 0 Å². The molecule has 0 atom stereocenters. The minimum Gasteiger partial charge on any atom is -0.396 e. The molecule has 0 fully saturated rings. The lowest BCUT2D eigenvalue weighted by Gasteiger charge is -1.94. The van der Waals surface area contributed by atoms with Gasteiger partial charge in [0.15, 0.2) is 5.82 Å². The van der Waals surface area contributed by atoms with Crippen molar-refractivity contribution in [3.63, 3.8) is 0 Å². The zero-order chi connectivity index (χ0) is 8.72. The number of hydrogen-bond acceptors (Lipinski definition) is 2. The zero-order valence-corrected chi connectivity index (χ0v) is 6.58. The summed E-state index contributed by atoms with van der Waals surface area (Å²) in [5.41, 5.74) is 5.84. The molecule has 0 unspecified atom stereocenters. The highest BCUT2D eigenvalue weighted by atomic mass is 19.1. The van der Waals surface area contributed by atoms with Crippen molar-refractivity contribution < 1.29 is 4.39 Å². The lowest BCUT2D eigenvalue weighted by atomic mass is 10.2. The van der Waals surface area contributed by atoms with Crippen molar-refractivity contribution in [2.24, 2.45) is 7.05 Å². The van der Waals surface area contributed by atoms with Gasteiger partial charge in [-0.2, -0.15) is 5.10 Å². The molecule has 0 aliphatic carbocycles. The molecule has 1 aromatic heterocycles. The molecule has 4 heteroatoms. The molecule has 1 heterocycles. The van der Waals surface area contributed by atoms with Gasteiger partial charge in [0, 0.05) is 18.6 Å². The molecule has 0 radical (unpaired) electrons. The maximum absolute atomic E-state index is 13.2. The van der Waals surface area contributed by atoms with Crippen LogP contribution in [-0.4, -0.2) is 9.78 Å². The van der Waals surface area contributed by atoms with Crippen LogP contribution in [0.5, 0.6) is 0 Å². The van der Waals surface area contributed by atoms with E-state index in [0.717, 1.165) is 5.39 Å². The molecule has 1 aromatic carbocycles. The summed E-state index contributed by atoms with van der Waals surface area (Å²) in [6, 6.07) is 3.29. The molecule has 0 saturated heterocycles. The third-order valence-electron chi connectivity index (χ3n) is 1.76. The Labute approximate surface area is 68.6 Å². The third-order valence-corrected chi connectivity index (χ3v) is 1.76. The number of halogens is 1. The van der Waals surface area contributed by atoms with Crippen LogP contribution in [-0.2, 0) is 7.05 Å². The summed E-state index contributed by atoms with van der Waals surface area (Å²) in [6.07, 6.45) is 1.75. The standard InChI is InChI=1S/C8H8FN3/c1-12-4-5-2-3-6(10)7(9)8(5)11-12/h2-4H,10H2,1H3. The molecule has 2 N–H and O–H groups in total. The van der Waals surface area contributed by atoms with Gasteiger partial charge >= 0.3 is 0 Å². The third kappa shape index (κ3) is 0.845. The molecule has 3 nitrogen and oxygen atoms in total. The monoisotopic (exact) mass is 165 g/mol. The zero-order valence-electron chi connectivity index (χ0n) is 6.58. The molecule has 62 valence electrons. The smallest absolute Gasteiger partial charge is 0.174 e. The Bertz CT molecular complexity index is 433. The Balaban J connectivity index is 2.89. The van der Waals surface area contributed by atoms with Gasteiger partial charge in [-0.05, 0) is 12.1 Å². The second-order valence-electron chi connectivity index (χ2n) is 2.71. The molecule has 0 saturated carbocycles. The van der Waals surface area contributed by atoms with Crippen molar-refractivity contribution in [3.05, 3.63) is 24.1 Å². The van der Waals surface area contributed by atoms with E-state index in [-0.39, 0.29) is 5.69 Å². The van der Waals surface area contributed by atoms with Gasteiger partial charge < -0.3 is 5.73 Å². The number of nitrogen functional groups attached to an aromatic ring is 1. The number of nitrogens with zero attached hydrogens (tertiary/aromatic N) is 2. The van der Waals surface area contributed by atoms with Crippen LogP contribution in [0, 0.1) is 5.82 Å². The molecule has 0 amide bonds. The van der Waals surface area contributed by atoms with Crippen molar-refractivity contribution in [2.45, 2.75) is 0 Å². The Morgan fingerprint density at radius 2 is 2.25 bits per heavy atom. The van der Waals surface area contributed by atoms with E-state index in [1.807, 2.05) is 0 Å². The van der Waals surface area contributed by atoms with Gasteiger partial charge in [0.2, 0.25) is 0 Å². The first-order chi connectivity index (χ1) is 5.68. The maximum atomic E-state index is 13.2. The quantitative estimate of drug-likeness (QED) is 0.598. The van der Waals surface area contributed by atoms with Crippen molar-refractivity contribution >= 4 is 16.6 Å². The van der Waals surface area contributed by atoms with Crippen molar-refractivity contribution in [1.82, 2.24) is 9.78 Å². The summed E-state index contributed by atoms with van der Waals surface area (Å²) in [7, 11) is 1.75. The first-order valence-corrected chi connectivity index (χ1v) is 3.56. The number of rotatable bonds is 0. The van der Waals surface area contributed by atoms with Crippen LogP contribution in [0.4, 0.5) is 10.1 Å². The first-order valence-electron chi connectivity index (χ1n) is 3.56. The van der Waals surface area contributed by atoms with Crippen molar-refractivity contribution in [3.8, 4) is 0 Å². The van der Waals surface area contributed by atoms with E-state index in [9.17, 15) is 4.39 Å². The average molecular weight is 165 g/mol. The van der Waals surface area contributed by atoms with E-state index in [0.29, 0.717) is 5.52 Å². The second-order valence-corrected chi connectivity index (χ2v) is 2.71. The van der Waals surface area contributed by atoms with Crippen LogP contribution in [0.1, 0.15) is 0 Å². The fourth-order valence-electron chi connectivity index (χ4n) is 1.19. The van der Waals surface area contributed by atoms with E-state index >= 15 is 0 Å². The van der Waals surface area contributed by atoms with Gasteiger partial charge in [-0.1, -0.05) is 0 Å². The van der Waals surface area contributed by atoms with E-state index in [4.69, 9.17) is 5.73 Å². The molecular weight excluding hydrogens is 157 g/mol. The van der Waals surface area contributed by atoms with Gasteiger partial charge in [-0.25, -0.2) is 4.39 Å². The van der Waals surface area contributed by atoms with Crippen LogP contribution < -0.4 is 5.73 Å². The van der Waals surface area contributed by atoms with Gasteiger partial charge in [-0.15, -0.1) is 0 Å². The highest BCUT2D eigenvalue weighted by Crippen LogP contribution is 2.20. The number of aromatic nitrogens is 2. The number of aryl methyl sites for hydroxylation is 1. The van der Waals surface area contributed by atoms with Crippen molar-refractivity contribution in [2.75, 3.05) is 5.73 Å². The summed E-state index contributed by atoms with van der Waals surface area (Å²) in [5, 5.41) is 4.70. The summed E-state index contributed by atoms with van der Waals surface area (Å²) in [4.78, 5) is 0. The van der Waals surface area contributed by atoms with Crippen LogP contribution in [0.2, 0.25) is 0 Å². The highest BCUT2D eigenvalue weighted by molar-refractivity contribution is 5.82. The summed E-state index contributed by atoms with van der Waals surface area (Å²) < 4.78 is 14.8. The molecule has 2 aromatic rings. The number of nitrogens with two attached hydrogens (primary N) is 1. The lowest BCUT2D eigenvalue weighted by molar-refractivity contribution is 0.637. The van der Waals surface area contributed by atoms with Gasteiger partial charge in [0.25, 0.3) is 0 Å². The fourth-order valence-corrected chi connectivity index (χ4v) is 1.19. The lowest BCUT2D eigenvalue weighted by Crippen LogP contribution is -1.91. The number of benzene rings is 1. The molecule has 2 rings (SSSR count). The SMILES string of the molecule is Cn1cc2ccc(N)c(F)c2n1. The van der Waals surface area contributed by atoms with Crippen LogP contribution in [0.15, 0.2) is 18.3 Å². The predicted molar refractivity (Wildman–Crippen MR) is 45.1 cm³/mol. The Morgan fingerprint density at radius 1 is 1.50 bits per heavy atom. The highest BCUT2D eigenvalue weighted by Gasteiger charge is 2.06. The Hall–Kier alpha value is -1.58. The molecule has 0 aliphatic heterocycles. The van der Waals surface area contributed by atoms with Crippen LogP contribution in [0.25, 0.3) is 10.9 Å². The van der Waals surface area contributed by atoms with Gasteiger partial charge in [-0.3, -0.25) is 4.68 Å². The van der Waals surface area contributed by atoms with Crippen LogP contribution in [0.3, 0.4) is 0 Å². The Morgan fingerprint density at radius 3 is 3.00 bits per heavy atom. The van der Waals surface area contributed by atoms with E-state index in [1.54, 1.807) is 30.1 Å². The average Bonchev–Trinajstić information content (AvgIpc) is 2.39. The maximum Gasteiger partial charge on any atom is 0.174 e. The second kappa shape index (κ2) is 2.20. The van der Waals surface area contributed by atoms with Gasteiger partial charge in [0.05, 0.1) is 5.69 Å². The molecular formula is C8H8FN3. The van der Waals surface area contributed by atoms with E-state index in [1.165, 1.54) is 0 Å². The molecule has 0 spiro atoms. The number of fused-ring (bicyclic) bond motifs is 1. The largest absolute Gasteiger partial charge is 0.396 e. The van der Waals surface area contributed by atoms with E-state index in [2.05, 4.69) is 5.10 Å². The summed E-state index contributed by atoms with van der Waals surface area (Å²) in [5.74, 6) is -0.437. The van der Waals surface area contributed by atoms with E-state index < -0.39 is 5.82 Å². The molecule has 0 aliphatic rings. The first kappa shape index (κ1) is 7.09. The minimum atomic E-state index is -0.437. The van der Waals surface area contributed by atoms with Gasteiger partial charge in [0.1, 0.15) is 5.52 Å².